The fraction of sp³-hybridized carbons (Fsp3) is 0.571. The molecule has 1 heterocycles. The minimum atomic E-state index is -0.172. The van der Waals surface area contributed by atoms with E-state index in [1.54, 1.807) is 11.3 Å². The lowest BCUT2D eigenvalue weighted by Gasteiger charge is -2.06. The van der Waals surface area contributed by atoms with Gasteiger partial charge in [-0.1, -0.05) is 43.9 Å². The predicted octanol–water partition coefficient (Wildman–Crippen LogP) is 5.44. The van der Waals surface area contributed by atoms with E-state index >= 15 is 0 Å². The van der Waals surface area contributed by atoms with E-state index in [0.29, 0.717) is 26.1 Å². The Hall–Kier alpha value is -1.95. The summed E-state index contributed by atoms with van der Waals surface area (Å²) in [7, 11) is 0. The third-order valence-electron chi connectivity index (χ3n) is 4.16. The van der Waals surface area contributed by atoms with Gasteiger partial charge in [0.15, 0.2) is 0 Å². The zero-order valence-electron chi connectivity index (χ0n) is 16.4. The molecule has 148 valence electrons. The zero-order chi connectivity index (χ0) is 19.3. The van der Waals surface area contributed by atoms with E-state index in [1.165, 1.54) is 32.1 Å². The fourth-order valence-electron chi connectivity index (χ4n) is 2.68. The second-order valence-corrected chi connectivity index (χ2v) is 7.51. The molecule has 0 radical (unpaired) electrons. The van der Waals surface area contributed by atoms with Gasteiger partial charge in [0, 0.05) is 18.4 Å². The molecule has 0 bridgehead atoms. The van der Waals surface area contributed by atoms with Crippen molar-refractivity contribution < 1.29 is 14.3 Å². The molecule has 5 nitrogen and oxygen atoms in total. The van der Waals surface area contributed by atoms with Crippen molar-refractivity contribution in [2.75, 3.05) is 13.2 Å². The second kappa shape index (κ2) is 12.4. The molecule has 0 aliphatic heterocycles. The van der Waals surface area contributed by atoms with Crippen LogP contribution in [0.25, 0.3) is 10.6 Å². The second-order valence-electron chi connectivity index (χ2n) is 6.45. The Kier molecular flexibility index (Phi) is 9.84. The number of benzene rings is 1. The van der Waals surface area contributed by atoms with Gasteiger partial charge in [0.1, 0.15) is 15.8 Å². The van der Waals surface area contributed by atoms with E-state index in [9.17, 15) is 4.79 Å². The van der Waals surface area contributed by atoms with Crippen LogP contribution in [-0.4, -0.2) is 29.4 Å². The van der Waals surface area contributed by atoms with Gasteiger partial charge in [-0.3, -0.25) is 4.79 Å². The maximum atomic E-state index is 11.3. The third kappa shape index (κ3) is 8.08. The summed E-state index contributed by atoms with van der Waals surface area (Å²) >= 11 is 1.67. The minimum Gasteiger partial charge on any atom is -0.494 e. The lowest BCUT2D eigenvalue weighted by atomic mass is 10.1. The van der Waals surface area contributed by atoms with E-state index in [1.807, 2.05) is 31.2 Å². The Morgan fingerprint density at radius 1 is 1.00 bits per heavy atom. The summed E-state index contributed by atoms with van der Waals surface area (Å²) in [5.74, 6) is 0.622. The standard InChI is InChI=1S/C21H30N2O3S/c1-3-5-6-7-8-10-19-22-23-21(27-19)17-12-14-18(15-13-17)26-16-9-11-20(24)25-4-2/h12-15H,3-11,16H2,1-2H3. The van der Waals surface area contributed by atoms with Gasteiger partial charge >= 0.3 is 5.97 Å². The van der Waals surface area contributed by atoms with Crippen LogP contribution < -0.4 is 4.74 Å². The van der Waals surface area contributed by atoms with Gasteiger partial charge in [0.25, 0.3) is 0 Å². The predicted molar refractivity (Wildman–Crippen MR) is 109 cm³/mol. The maximum absolute atomic E-state index is 11.3. The highest BCUT2D eigenvalue weighted by atomic mass is 32.1. The van der Waals surface area contributed by atoms with Crippen molar-refractivity contribution in [3.05, 3.63) is 29.3 Å². The molecule has 0 atom stereocenters. The molecule has 0 aliphatic rings. The Bertz CT molecular complexity index is 670. The summed E-state index contributed by atoms with van der Waals surface area (Å²) in [5, 5.41) is 10.7. The van der Waals surface area contributed by atoms with E-state index in [0.717, 1.165) is 27.7 Å². The largest absolute Gasteiger partial charge is 0.494 e. The average molecular weight is 391 g/mol. The number of unbranched alkanes of at least 4 members (excludes halogenated alkanes) is 4. The molecule has 0 N–H and O–H groups in total. The molecule has 0 spiro atoms. The number of aryl methyl sites for hydroxylation is 1. The molecule has 2 rings (SSSR count). The first kappa shape index (κ1) is 21.4. The molecule has 0 unspecified atom stereocenters. The van der Waals surface area contributed by atoms with Crippen LogP contribution in [0, 0.1) is 0 Å². The Balaban J connectivity index is 1.74. The summed E-state index contributed by atoms with van der Waals surface area (Å²) in [5.41, 5.74) is 1.06. The highest BCUT2D eigenvalue weighted by molar-refractivity contribution is 7.14. The molecule has 0 saturated carbocycles. The van der Waals surface area contributed by atoms with Crippen molar-refractivity contribution >= 4 is 17.3 Å². The number of hydrogen-bond donors (Lipinski definition) is 0. The van der Waals surface area contributed by atoms with Crippen molar-refractivity contribution in [2.24, 2.45) is 0 Å². The van der Waals surface area contributed by atoms with Crippen LogP contribution in [0.1, 0.15) is 63.8 Å². The topological polar surface area (TPSA) is 61.3 Å². The third-order valence-corrected chi connectivity index (χ3v) is 5.19. The first-order valence-electron chi connectivity index (χ1n) is 9.94. The van der Waals surface area contributed by atoms with Crippen LogP contribution in [0.5, 0.6) is 5.75 Å². The first-order chi connectivity index (χ1) is 13.2. The number of carbonyl (C=O) groups excluding carboxylic acids is 1. The number of hydrogen-bond acceptors (Lipinski definition) is 6. The Labute approximate surface area is 166 Å². The summed E-state index contributed by atoms with van der Waals surface area (Å²) < 4.78 is 10.6. The fourth-order valence-corrected chi connectivity index (χ4v) is 3.57. The Morgan fingerprint density at radius 3 is 2.52 bits per heavy atom. The maximum Gasteiger partial charge on any atom is 0.305 e. The molecule has 2 aromatic rings. The molecule has 0 fully saturated rings. The molecular weight excluding hydrogens is 360 g/mol. The van der Waals surface area contributed by atoms with Crippen molar-refractivity contribution in [2.45, 2.75) is 65.2 Å². The van der Waals surface area contributed by atoms with Crippen LogP contribution in [0.4, 0.5) is 0 Å². The first-order valence-corrected chi connectivity index (χ1v) is 10.8. The lowest BCUT2D eigenvalue weighted by molar-refractivity contribution is -0.143. The highest BCUT2D eigenvalue weighted by Gasteiger charge is 2.07. The molecule has 27 heavy (non-hydrogen) atoms. The van der Waals surface area contributed by atoms with E-state index < -0.39 is 0 Å². The number of nitrogens with zero attached hydrogens (tertiary/aromatic N) is 2. The molecule has 0 aliphatic carbocycles. The SMILES string of the molecule is CCCCCCCc1nnc(-c2ccc(OCCCC(=O)OCC)cc2)s1. The minimum absolute atomic E-state index is 0.172. The Morgan fingerprint density at radius 2 is 1.78 bits per heavy atom. The van der Waals surface area contributed by atoms with Crippen molar-refractivity contribution in [1.29, 1.82) is 0 Å². The normalized spacial score (nSPS) is 10.7. The van der Waals surface area contributed by atoms with E-state index in [2.05, 4.69) is 17.1 Å². The van der Waals surface area contributed by atoms with Crippen molar-refractivity contribution in [3.8, 4) is 16.3 Å². The summed E-state index contributed by atoms with van der Waals surface area (Å²) in [6.07, 6.45) is 8.41. The van der Waals surface area contributed by atoms with Gasteiger partial charge in [-0.25, -0.2) is 0 Å². The van der Waals surface area contributed by atoms with Gasteiger partial charge in [-0.2, -0.15) is 0 Å². The van der Waals surface area contributed by atoms with Gasteiger partial charge < -0.3 is 9.47 Å². The summed E-state index contributed by atoms with van der Waals surface area (Å²) in [4.78, 5) is 11.3. The lowest BCUT2D eigenvalue weighted by Crippen LogP contribution is -2.06. The van der Waals surface area contributed by atoms with Crippen LogP contribution in [0.15, 0.2) is 24.3 Å². The number of esters is 1. The van der Waals surface area contributed by atoms with E-state index in [4.69, 9.17) is 9.47 Å². The van der Waals surface area contributed by atoms with Crippen LogP contribution in [0.3, 0.4) is 0 Å². The number of carbonyl (C=O) groups is 1. The molecule has 1 aromatic carbocycles. The van der Waals surface area contributed by atoms with Crippen LogP contribution in [-0.2, 0) is 16.0 Å². The molecule has 0 saturated heterocycles. The highest BCUT2D eigenvalue weighted by Crippen LogP contribution is 2.26. The average Bonchev–Trinajstić information content (AvgIpc) is 3.15. The van der Waals surface area contributed by atoms with E-state index in [-0.39, 0.29) is 5.97 Å². The van der Waals surface area contributed by atoms with Gasteiger partial charge in [-0.15, -0.1) is 10.2 Å². The number of rotatable bonds is 13. The van der Waals surface area contributed by atoms with Gasteiger partial charge in [0.05, 0.1) is 13.2 Å². The van der Waals surface area contributed by atoms with Gasteiger partial charge in [0.2, 0.25) is 0 Å². The zero-order valence-corrected chi connectivity index (χ0v) is 17.2. The quantitative estimate of drug-likeness (QED) is 0.337. The number of ether oxygens (including phenoxy) is 2. The smallest absolute Gasteiger partial charge is 0.305 e. The molecule has 0 amide bonds. The molecule has 1 aromatic heterocycles. The summed E-state index contributed by atoms with van der Waals surface area (Å²) in [6, 6.07) is 7.88. The number of aromatic nitrogens is 2. The molecular formula is C21H30N2O3S. The van der Waals surface area contributed by atoms with Gasteiger partial charge in [-0.05, 0) is 44.0 Å². The summed E-state index contributed by atoms with van der Waals surface area (Å²) in [6.45, 7) is 4.97. The van der Waals surface area contributed by atoms with Crippen LogP contribution >= 0.6 is 11.3 Å². The molecule has 6 heteroatoms. The van der Waals surface area contributed by atoms with Crippen LogP contribution in [0.2, 0.25) is 0 Å². The van der Waals surface area contributed by atoms with Crippen molar-refractivity contribution in [1.82, 2.24) is 10.2 Å². The monoisotopic (exact) mass is 390 g/mol. The van der Waals surface area contributed by atoms with Crippen molar-refractivity contribution in [3.63, 3.8) is 0 Å².